The van der Waals surface area contributed by atoms with Gasteiger partial charge >= 0.3 is 0 Å². The van der Waals surface area contributed by atoms with E-state index in [2.05, 4.69) is 50.8 Å². The highest BCUT2D eigenvalue weighted by molar-refractivity contribution is 5.32. The number of hydrogen-bond donors (Lipinski definition) is 1. The second-order valence-corrected chi connectivity index (χ2v) is 6.44. The van der Waals surface area contributed by atoms with Crippen molar-refractivity contribution in [1.82, 2.24) is 4.90 Å². The minimum Gasteiger partial charge on any atom is -0.323 e. The predicted octanol–water partition coefficient (Wildman–Crippen LogP) is 3.42. The number of nitrogens with two attached hydrogens (primary N) is 1. The van der Waals surface area contributed by atoms with Crippen LogP contribution < -0.4 is 5.73 Å². The molecular formula is C17H28N2. The number of piperidine rings is 1. The number of rotatable bonds is 3. The highest BCUT2D eigenvalue weighted by Crippen LogP contribution is 2.25. The van der Waals surface area contributed by atoms with Crippen LogP contribution >= 0.6 is 0 Å². The van der Waals surface area contributed by atoms with Gasteiger partial charge < -0.3 is 5.73 Å². The number of benzene rings is 1. The zero-order valence-corrected chi connectivity index (χ0v) is 12.8. The number of nitrogens with zero attached hydrogens (tertiary/aromatic N) is 1. The van der Waals surface area contributed by atoms with Crippen molar-refractivity contribution in [3.63, 3.8) is 0 Å². The topological polar surface area (TPSA) is 29.3 Å². The molecule has 2 N–H and O–H groups in total. The molecule has 0 aromatic heterocycles. The highest BCUT2D eigenvalue weighted by atomic mass is 15.2. The number of hydrogen-bond acceptors (Lipinski definition) is 2. The summed E-state index contributed by atoms with van der Waals surface area (Å²) < 4.78 is 0. The third-order valence-corrected chi connectivity index (χ3v) is 4.53. The summed E-state index contributed by atoms with van der Waals surface area (Å²) >= 11 is 0. The third kappa shape index (κ3) is 3.58. The SMILES string of the molecule is Cc1ccc(C(N)CN2CCC(C)CC2C)c(C)c1. The number of likely N-dealkylation sites (tertiary alicyclic amines) is 1. The molecule has 1 aliphatic rings. The van der Waals surface area contributed by atoms with Crippen LogP contribution in [0.5, 0.6) is 0 Å². The molecule has 2 heteroatoms. The molecule has 2 rings (SSSR count). The van der Waals surface area contributed by atoms with Crippen molar-refractivity contribution in [2.24, 2.45) is 11.7 Å². The lowest BCUT2D eigenvalue weighted by Crippen LogP contribution is -2.43. The third-order valence-electron chi connectivity index (χ3n) is 4.53. The van der Waals surface area contributed by atoms with Gasteiger partial charge in [-0.1, -0.05) is 30.7 Å². The first-order valence-electron chi connectivity index (χ1n) is 7.54. The summed E-state index contributed by atoms with van der Waals surface area (Å²) in [5.74, 6) is 0.864. The largest absolute Gasteiger partial charge is 0.323 e. The van der Waals surface area contributed by atoms with Crippen LogP contribution in [-0.4, -0.2) is 24.0 Å². The average molecular weight is 260 g/mol. The molecule has 19 heavy (non-hydrogen) atoms. The van der Waals surface area contributed by atoms with Crippen molar-refractivity contribution >= 4 is 0 Å². The molecule has 3 unspecified atom stereocenters. The second kappa shape index (κ2) is 6.06. The molecular weight excluding hydrogens is 232 g/mol. The summed E-state index contributed by atoms with van der Waals surface area (Å²) in [5, 5.41) is 0. The van der Waals surface area contributed by atoms with Crippen LogP contribution in [0.1, 0.15) is 49.4 Å². The monoisotopic (exact) mass is 260 g/mol. The molecule has 2 nitrogen and oxygen atoms in total. The van der Waals surface area contributed by atoms with Crippen molar-refractivity contribution in [2.75, 3.05) is 13.1 Å². The van der Waals surface area contributed by atoms with Crippen molar-refractivity contribution in [2.45, 2.75) is 52.6 Å². The Morgan fingerprint density at radius 1 is 1.32 bits per heavy atom. The van der Waals surface area contributed by atoms with Crippen LogP contribution in [0.15, 0.2) is 18.2 Å². The van der Waals surface area contributed by atoms with E-state index in [1.165, 1.54) is 36.1 Å². The maximum atomic E-state index is 6.43. The lowest BCUT2D eigenvalue weighted by atomic mass is 9.92. The molecule has 0 saturated carbocycles. The second-order valence-electron chi connectivity index (χ2n) is 6.44. The molecule has 0 spiro atoms. The van der Waals surface area contributed by atoms with E-state index < -0.39 is 0 Å². The first-order chi connectivity index (χ1) is 8.97. The summed E-state index contributed by atoms with van der Waals surface area (Å²) in [6, 6.07) is 7.41. The Balaban J connectivity index is 2.02. The van der Waals surface area contributed by atoms with Gasteiger partial charge in [0.25, 0.3) is 0 Å². The van der Waals surface area contributed by atoms with Crippen molar-refractivity contribution in [3.05, 3.63) is 34.9 Å². The van der Waals surface area contributed by atoms with Gasteiger partial charge in [-0.25, -0.2) is 0 Å². The molecule has 1 aromatic rings. The van der Waals surface area contributed by atoms with E-state index in [-0.39, 0.29) is 6.04 Å². The molecule has 1 aliphatic heterocycles. The first kappa shape index (κ1) is 14.5. The fourth-order valence-corrected chi connectivity index (χ4v) is 3.32. The molecule has 1 heterocycles. The van der Waals surface area contributed by atoms with E-state index in [9.17, 15) is 0 Å². The van der Waals surface area contributed by atoms with Gasteiger partial charge in [-0.05, 0) is 57.2 Å². The molecule has 0 amide bonds. The smallest absolute Gasteiger partial charge is 0.0427 e. The summed E-state index contributed by atoms with van der Waals surface area (Å²) in [6.45, 7) is 11.2. The average Bonchev–Trinajstić information content (AvgIpc) is 2.32. The normalized spacial score (nSPS) is 26.4. The summed E-state index contributed by atoms with van der Waals surface area (Å²) in [5.41, 5.74) is 10.4. The summed E-state index contributed by atoms with van der Waals surface area (Å²) in [4.78, 5) is 2.56. The van der Waals surface area contributed by atoms with Crippen LogP contribution in [0.4, 0.5) is 0 Å². The molecule has 0 radical (unpaired) electrons. The molecule has 0 aliphatic carbocycles. The lowest BCUT2D eigenvalue weighted by Gasteiger charge is -2.38. The van der Waals surface area contributed by atoms with Gasteiger partial charge in [-0.2, -0.15) is 0 Å². The lowest BCUT2D eigenvalue weighted by molar-refractivity contribution is 0.122. The van der Waals surface area contributed by atoms with Gasteiger partial charge in [-0.3, -0.25) is 4.90 Å². The maximum absolute atomic E-state index is 6.43. The van der Waals surface area contributed by atoms with Crippen LogP contribution in [-0.2, 0) is 0 Å². The fourth-order valence-electron chi connectivity index (χ4n) is 3.32. The number of aryl methyl sites for hydroxylation is 2. The summed E-state index contributed by atoms with van der Waals surface area (Å²) in [6.07, 6.45) is 2.61. The zero-order chi connectivity index (χ0) is 14.0. The van der Waals surface area contributed by atoms with Crippen molar-refractivity contribution < 1.29 is 0 Å². The highest BCUT2D eigenvalue weighted by Gasteiger charge is 2.24. The van der Waals surface area contributed by atoms with Gasteiger partial charge in [0, 0.05) is 18.6 Å². The van der Waals surface area contributed by atoms with Crippen molar-refractivity contribution in [1.29, 1.82) is 0 Å². The Morgan fingerprint density at radius 3 is 2.68 bits per heavy atom. The Morgan fingerprint density at radius 2 is 2.05 bits per heavy atom. The Labute approximate surface area is 118 Å². The maximum Gasteiger partial charge on any atom is 0.0427 e. The van der Waals surface area contributed by atoms with E-state index in [0.29, 0.717) is 6.04 Å². The fraction of sp³-hybridized carbons (Fsp3) is 0.647. The van der Waals surface area contributed by atoms with Crippen LogP contribution in [0.25, 0.3) is 0 Å². The molecule has 1 saturated heterocycles. The van der Waals surface area contributed by atoms with E-state index in [4.69, 9.17) is 5.73 Å². The predicted molar refractivity (Wildman–Crippen MR) is 82.3 cm³/mol. The van der Waals surface area contributed by atoms with Gasteiger partial charge in [0.05, 0.1) is 0 Å². The van der Waals surface area contributed by atoms with Crippen LogP contribution in [0, 0.1) is 19.8 Å². The van der Waals surface area contributed by atoms with Gasteiger partial charge in [0.1, 0.15) is 0 Å². The minimum absolute atomic E-state index is 0.136. The quantitative estimate of drug-likeness (QED) is 0.902. The zero-order valence-electron chi connectivity index (χ0n) is 12.8. The Bertz CT molecular complexity index is 427. The van der Waals surface area contributed by atoms with E-state index in [1.807, 2.05) is 0 Å². The van der Waals surface area contributed by atoms with Crippen LogP contribution in [0.3, 0.4) is 0 Å². The van der Waals surface area contributed by atoms with E-state index in [0.717, 1.165) is 12.5 Å². The van der Waals surface area contributed by atoms with Crippen molar-refractivity contribution in [3.8, 4) is 0 Å². The molecule has 1 aromatic carbocycles. The molecule has 0 bridgehead atoms. The van der Waals surface area contributed by atoms with Gasteiger partial charge in [0.2, 0.25) is 0 Å². The van der Waals surface area contributed by atoms with Crippen LogP contribution in [0.2, 0.25) is 0 Å². The van der Waals surface area contributed by atoms with E-state index in [1.54, 1.807) is 0 Å². The first-order valence-corrected chi connectivity index (χ1v) is 7.54. The molecule has 106 valence electrons. The minimum atomic E-state index is 0.136. The molecule has 1 fully saturated rings. The Kier molecular flexibility index (Phi) is 4.64. The summed E-state index contributed by atoms with van der Waals surface area (Å²) in [7, 11) is 0. The standard InChI is InChI=1S/C17H28N2/c1-12-5-6-16(14(3)9-12)17(18)11-19-8-7-13(2)10-15(19)4/h5-6,9,13,15,17H,7-8,10-11,18H2,1-4H3. The van der Waals surface area contributed by atoms with Gasteiger partial charge in [-0.15, -0.1) is 0 Å². The van der Waals surface area contributed by atoms with E-state index >= 15 is 0 Å². The Hall–Kier alpha value is -0.860. The molecule has 3 atom stereocenters. The van der Waals surface area contributed by atoms with Gasteiger partial charge in [0.15, 0.2) is 0 Å².